The predicted octanol–water partition coefficient (Wildman–Crippen LogP) is 7.59. The molecule has 0 amide bonds. The molecule has 2 aromatic carbocycles. The molecule has 2 heterocycles. The molecular formula is C34H43N2O8S2+. The number of benzene rings is 2. The lowest BCUT2D eigenvalue weighted by Crippen LogP contribution is -2.28. The fraction of sp³-hybridized carbons (Fsp3) is 0.412. The third kappa shape index (κ3) is 7.48. The van der Waals surface area contributed by atoms with Crippen molar-refractivity contribution >= 4 is 45.2 Å². The Morgan fingerprint density at radius 1 is 1.04 bits per heavy atom. The summed E-state index contributed by atoms with van der Waals surface area (Å²) in [5.74, 6) is -0.783. The van der Waals surface area contributed by atoms with E-state index >= 15 is 0 Å². The van der Waals surface area contributed by atoms with E-state index in [9.17, 15) is 17.8 Å². The van der Waals surface area contributed by atoms with Crippen molar-refractivity contribution in [2.75, 3.05) is 18.0 Å². The number of nitrogens with zero attached hydrogens (tertiary/aromatic N) is 2. The van der Waals surface area contributed by atoms with Crippen LogP contribution in [0, 0.1) is 0 Å². The lowest BCUT2D eigenvalue weighted by atomic mass is 9.81. The van der Waals surface area contributed by atoms with Gasteiger partial charge in [-0.05, 0) is 82.5 Å². The minimum Gasteiger partial charge on any atom is -0.481 e. The molecule has 4 rings (SSSR count). The lowest BCUT2D eigenvalue weighted by Gasteiger charge is -2.25. The van der Waals surface area contributed by atoms with E-state index in [2.05, 4.69) is 57.0 Å². The van der Waals surface area contributed by atoms with Gasteiger partial charge in [0.05, 0.1) is 22.4 Å². The molecule has 0 radical (unpaired) electrons. The summed E-state index contributed by atoms with van der Waals surface area (Å²) in [6, 6.07) is 10.7. The molecule has 2 aliphatic heterocycles. The number of likely N-dealkylation sites (N-methyl/N-ethyl adjacent to an activating group) is 1. The van der Waals surface area contributed by atoms with Crippen LogP contribution in [0.1, 0.15) is 78.4 Å². The van der Waals surface area contributed by atoms with Gasteiger partial charge in [-0.1, -0.05) is 36.6 Å². The molecule has 0 saturated heterocycles. The minimum atomic E-state index is -4.32. The molecule has 0 spiro atoms. The molecule has 248 valence electrons. The summed E-state index contributed by atoms with van der Waals surface area (Å²) in [6.07, 6.45) is 10.8. The zero-order valence-electron chi connectivity index (χ0n) is 27.1. The van der Waals surface area contributed by atoms with Crippen molar-refractivity contribution in [1.82, 2.24) is 0 Å². The number of carboxylic acid groups (broad SMARTS) is 1. The van der Waals surface area contributed by atoms with Crippen molar-refractivity contribution in [3.05, 3.63) is 83.1 Å². The number of unbranched alkanes of at least 4 members (excludes halogenated alkanes) is 2. The Kier molecular flexibility index (Phi) is 11.0. The Morgan fingerprint density at radius 3 is 2.43 bits per heavy atom. The molecule has 0 unspecified atom stereocenters. The van der Waals surface area contributed by atoms with Gasteiger partial charge in [0.15, 0.2) is 5.71 Å². The highest BCUT2D eigenvalue weighted by Crippen LogP contribution is 2.48. The van der Waals surface area contributed by atoms with Gasteiger partial charge in [0, 0.05) is 58.8 Å². The first-order chi connectivity index (χ1) is 21.6. The molecule has 0 aromatic heterocycles. The molecule has 0 atom stereocenters. The number of allylic oxidation sites excluding steroid dienone is 6. The minimum absolute atomic E-state index is 0.116. The Hall–Kier alpha value is -3.26. The highest BCUT2D eigenvalue weighted by molar-refractivity contribution is 7.94. The van der Waals surface area contributed by atoms with Crippen LogP contribution in [0.2, 0.25) is 0 Å². The maximum atomic E-state index is 11.8. The number of carboxylic acids is 1. The zero-order valence-corrected chi connectivity index (χ0v) is 28.7. The van der Waals surface area contributed by atoms with Gasteiger partial charge < -0.3 is 10.0 Å². The number of aliphatic carboxylic acids is 1. The van der Waals surface area contributed by atoms with E-state index in [1.165, 1.54) is 6.07 Å². The van der Waals surface area contributed by atoms with Crippen LogP contribution in [0.4, 0.5) is 11.4 Å². The third-order valence-electron chi connectivity index (χ3n) is 8.78. The van der Waals surface area contributed by atoms with E-state index in [0.717, 1.165) is 75.8 Å². The summed E-state index contributed by atoms with van der Waals surface area (Å²) in [7, 11) is -4.32. The van der Waals surface area contributed by atoms with E-state index in [1.807, 2.05) is 45.9 Å². The summed E-state index contributed by atoms with van der Waals surface area (Å²) in [6.45, 7) is 13.9. The van der Waals surface area contributed by atoms with Gasteiger partial charge in [0.25, 0.3) is 10.1 Å². The van der Waals surface area contributed by atoms with Crippen LogP contribution in [0.3, 0.4) is 0 Å². The number of hydrogen-bond acceptors (Lipinski definition) is 8. The number of hydrogen-bond donors (Lipinski definition) is 3. The first kappa shape index (κ1) is 35.6. The number of rotatable bonds is 14. The number of fused-ring (bicyclic) bond motifs is 2. The zero-order chi connectivity index (χ0) is 33.9. The van der Waals surface area contributed by atoms with Crippen LogP contribution in [0.25, 0.3) is 0 Å². The molecule has 2 aliphatic rings. The molecule has 10 nitrogen and oxygen atoms in total. The van der Waals surface area contributed by atoms with Gasteiger partial charge in [-0.2, -0.15) is 13.0 Å². The predicted molar refractivity (Wildman–Crippen MR) is 179 cm³/mol. The van der Waals surface area contributed by atoms with Gasteiger partial charge in [0.1, 0.15) is 6.54 Å². The highest BCUT2D eigenvalue weighted by atomic mass is 32.2. The average molecular weight is 672 g/mol. The number of carbonyl (C=O) groups is 1. The van der Waals surface area contributed by atoms with Gasteiger partial charge in [-0.15, -0.1) is 4.33 Å². The smallest absolute Gasteiger partial charge is 0.303 e. The first-order valence-corrected chi connectivity index (χ1v) is 17.4. The normalized spacial score (nSPS) is 18.1. The van der Waals surface area contributed by atoms with Gasteiger partial charge in [0.2, 0.25) is 5.69 Å². The van der Waals surface area contributed by atoms with E-state index in [1.54, 1.807) is 12.1 Å². The Balaban J connectivity index is 1.66. The van der Waals surface area contributed by atoms with Gasteiger partial charge in [-0.25, -0.2) is 5.26 Å². The van der Waals surface area contributed by atoms with Crippen molar-refractivity contribution in [2.24, 2.45) is 0 Å². The average Bonchev–Trinajstić information content (AvgIpc) is 3.34. The maximum absolute atomic E-state index is 11.8. The molecule has 0 fully saturated rings. The van der Waals surface area contributed by atoms with Crippen molar-refractivity contribution in [3.8, 4) is 0 Å². The van der Waals surface area contributed by atoms with Crippen LogP contribution in [-0.4, -0.2) is 52.7 Å². The lowest BCUT2D eigenvalue weighted by molar-refractivity contribution is -0.438. The largest absolute Gasteiger partial charge is 0.481 e. The van der Waals surface area contributed by atoms with E-state index in [4.69, 9.17) is 10.4 Å². The summed E-state index contributed by atoms with van der Waals surface area (Å²) < 4.78 is 40.3. The monoisotopic (exact) mass is 671 g/mol. The summed E-state index contributed by atoms with van der Waals surface area (Å²) >= 11 is 0.917. The topological polar surface area (TPSA) is 137 Å². The second-order valence-corrected chi connectivity index (χ2v) is 14.8. The van der Waals surface area contributed by atoms with Crippen LogP contribution in [0.15, 0.2) is 81.8 Å². The number of anilines is 1. The van der Waals surface area contributed by atoms with Crippen molar-refractivity contribution in [2.45, 2.75) is 87.8 Å². The van der Waals surface area contributed by atoms with Crippen LogP contribution in [0.5, 0.6) is 0 Å². The molecule has 0 aliphatic carbocycles. The molecule has 46 heavy (non-hydrogen) atoms. The molecule has 12 heteroatoms. The summed E-state index contributed by atoms with van der Waals surface area (Å²) in [5.41, 5.74) is 6.20. The third-order valence-corrected chi connectivity index (χ3v) is 10.2. The van der Waals surface area contributed by atoms with Gasteiger partial charge in [-0.3, -0.25) is 9.35 Å². The second-order valence-electron chi connectivity index (χ2n) is 12.6. The van der Waals surface area contributed by atoms with Crippen LogP contribution in [-0.2, 0) is 35.1 Å². The van der Waals surface area contributed by atoms with Gasteiger partial charge >= 0.3 is 5.97 Å². The molecule has 0 bridgehead atoms. The van der Waals surface area contributed by atoms with Crippen LogP contribution < -0.4 is 4.90 Å². The molecule has 0 saturated carbocycles. The van der Waals surface area contributed by atoms with Crippen molar-refractivity contribution < 1.29 is 42.1 Å². The fourth-order valence-electron chi connectivity index (χ4n) is 6.36. The van der Waals surface area contributed by atoms with E-state index < -0.39 is 21.5 Å². The molecular weight excluding hydrogens is 629 g/mol. The highest BCUT2D eigenvalue weighted by Gasteiger charge is 2.44. The summed E-state index contributed by atoms with van der Waals surface area (Å²) in [5, 5.41) is 21.4. The quantitative estimate of drug-likeness (QED) is 0.0351. The Labute approximate surface area is 275 Å². The molecule has 3 N–H and O–H groups in total. The maximum Gasteiger partial charge on any atom is 0.303 e. The van der Waals surface area contributed by atoms with E-state index in [0.29, 0.717) is 13.0 Å². The first-order valence-electron chi connectivity index (χ1n) is 15.3. The Bertz CT molecular complexity index is 1720. The fourth-order valence-corrected chi connectivity index (χ4v) is 7.26. The van der Waals surface area contributed by atoms with E-state index in [-0.39, 0.29) is 16.7 Å². The molecule has 2 aromatic rings. The van der Waals surface area contributed by atoms with Crippen molar-refractivity contribution in [1.29, 1.82) is 0 Å². The second kappa shape index (κ2) is 14.2. The Morgan fingerprint density at radius 2 is 1.78 bits per heavy atom. The SMILES string of the molecule is CCN1/C(=C/C=C(C)/C=C/C2=[N+](CCCCCC(=O)O)c3ccc(SOOO)cc3C2(C)C)C(C)(C)c2cc(S(=O)(=O)O)ccc21. The van der Waals surface area contributed by atoms with Crippen LogP contribution >= 0.6 is 12.0 Å². The standard InChI is InChI=1S/C34H42N2O8S2/c1-7-35-28-17-15-25(46(40,41)42)22-27(28)34(5,6)30(35)18-12-23(2)13-19-31-33(3,4)26-21-24(45-44-43-39)14-16-29(26)36(31)20-10-8-9-11-32(37)38/h12-19,21-22H,7-11,20H2,1-6H3,(H2-,37,38,39,40,41,42)/p+1. The van der Waals surface area contributed by atoms with Crippen molar-refractivity contribution in [3.63, 3.8) is 0 Å². The summed E-state index contributed by atoms with van der Waals surface area (Å²) in [4.78, 5) is 13.8.